The van der Waals surface area contributed by atoms with Crippen molar-refractivity contribution in [2.24, 2.45) is 0 Å². The van der Waals surface area contributed by atoms with Gasteiger partial charge in [0, 0.05) is 24.5 Å². The van der Waals surface area contributed by atoms with Gasteiger partial charge in [-0.25, -0.2) is 0 Å². The van der Waals surface area contributed by atoms with Crippen LogP contribution in [0.4, 0.5) is 0 Å². The minimum absolute atomic E-state index is 0.474. The van der Waals surface area contributed by atoms with Crippen LogP contribution in [0.25, 0.3) is 0 Å². The van der Waals surface area contributed by atoms with Crippen LogP contribution in [0.5, 0.6) is 0 Å². The number of hydrogen-bond acceptors (Lipinski definition) is 2. The van der Waals surface area contributed by atoms with E-state index in [0.29, 0.717) is 24.5 Å². The van der Waals surface area contributed by atoms with Gasteiger partial charge in [0.25, 0.3) is 0 Å². The first kappa shape index (κ1) is 12.6. The van der Waals surface area contributed by atoms with Crippen molar-refractivity contribution in [1.29, 1.82) is 0 Å². The highest BCUT2D eigenvalue weighted by Crippen LogP contribution is 2.13. The van der Waals surface area contributed by atoms with Crippen LogP contribution in [0, 0.1) is 0 Å². The van der Waals surface area contributed by atoms with Crippen LogP contribution >= 0.6 is 0 Å². The predicted octanol–water partition coefficient (Wildman–Crippen LogP) is 2.38. The molecule has 0 aliphatic heterocycles. The maximum atomic E-state index is 10.1. The average Bonchev–Trinajstić information content (AvgIpc) is 1.99. The molecular weight excluding hydrogens is 162 g/mol. The van der Waals surface area contributed by atoms with Crippen molar-refractivity contribution in [2.75, 3.05) is 0 Å². The van der Waals surface area contributed by atoms with Crippen LogP contribution < -0.4 is 0 Å². The van der Waals surface area contributed by atoms with Gasteiger partial charge in [-0.1, -0.05) is 0 Å². The molecule has 0 aromatic rings. The Kier molecular flexibility index (Phi) is 5.97. The maximum Gasteiger partial charge on any atom is 0.198 e. The van der Waals surface area contributed by atoms with Crippen molar-refractivity contribution in [1.82, 2.24) is 4.90 Å². The molecule has 0 N–H and O–H groups in total. The minimum atomic E-state index is 0.474. The van der Waals surface area contributed by atoms with Gasteiger partial charge in [0.2, 0.25) is 0 Å². The Labute approximate surface area is 82.3 Å². The van der Waals surface area contributed by atoms with Crippen LogP contribution in [0.2, 0.25) is 0 Å². The third-order valence-electron chi connectivity index (χ3n) is 2.37. The summed E-state index contributed by atoms with van der Waals surface area (Å²) < 4.78 is 0. The zero-order valence-corrected chi connectivity index (χ0v) is 9.50. The van der Waals surface area contributed by atoms with Gasteiger partial charge >= 0.3 is 0 Å². The SMILES string of the molecule is CC(C)N(C(C)C)C(C)CC[C]=O. The molecule has 0 aliphatic carbocycles. The second-order valence-electron chi connectivity index (χ2n) is 4.17. The zero-order valence-electron chi connectivity index (χ0n) is 9.50. The van der Waals surface area contributed by atoms with Gasteiger partial charge in [0.1, 0.15) is 0 Å². The molecule has 0 saturated carbocycles. The third kappa shape index (κ3) is 4.41. The monoisotopic (exact) mass is 184 g/mol. The van der Waals surface area contributed by atoms with Crippen molar-refractivity contribution >= 4 is 6.29 Å². The lowest BCUT2D eigenvalue weighted by Crippen LogP contribution is -2.43. The molecular formula is C11H22NO. The van der Waals surface area contributed by atoms with Gasteiger partial charge in [0.05, 0.1) is 0 Å². The first-order chi connectivity index (χ1) is 6.00. The highest BCUT2D eigenvalue weighted by atomic mass is 16.1. The summed E-state index contributed by atoms with van der Waals surface area (Å²) in [5.74, 6) is 0. The molecule has 0 aromatic heterocycles. The third-order valence-corrected chi connectivity index (χ3v) is 2.37. The quantitative estimate of drug-likeness (QED) is 0.631. The highest BCUT2D eigenvalue weighted by molar-refractivity contribution is 5.50. The fourth-order valence-electron chi connectivity index (χ4n) is 2.03. The Balaban J connectivity index is 4.11. The van der Waals surface area contributed by atoms with Gasteiger partial charge in [-0.15, -0.1) is 0 Å². The molecule has 0 amide bonds. The molecule has 0 rings (SSSR count). The number of nitrogens with zero attached hydrogens (tertiary/aromatic N) is 1. The summed E-state index contributed by atoms with van der Waals surface area (Å²) in [5.41, 5.74) is 0. The van der Waals surface area contributed by atoms with Crippen molar-refractivity contribution in [3.63, 3.8) is 0 Å². The molecule has 13 heavy (non-hydrogen) atoms. The van der Waals surface area contributed by atoms with E-state index in [1.165, 1.54) is 0 Å². The first-order valence-corrected chi connectivity index (χ1v) is 5.13. The van der Waals surface area contributed by atoms with Crippen LogP contribution in [0.1, 0.15) is 47.5 Å². The van der Waals surface area contributed by atoms with Crippen molar-refractivity contribution < 1.29 is 4.79 Å². The molecule has 1 unspecified atom stereocenters. The van der Waals surface area contributed by atoms with E-state index >= 15 is 0 Å². The molecule has 1 radical (unpaired) electrons. The molecule has 1 atom stereocenters. The lowest BCUT2D eigenvalue weighted by atomic mass is 10.1. The molecule has 2 heteroatoms. The summed E-state index contributed by atoms with van der Waals surface area (Å²) in [7, 11) is 0. The van der Waals surface area contributed by atoms with E-state index < -0.39 is 0 Å². The lowest BCUT2D eigenvalue weighted by molar-refractivity contribution is 0.118. The van der Waals surface area contributed by atoms with Crippen LogP contribution in [0.15, 0.2) is 0 Å². The van der Waals surface area contributed by atoms with Gasteiger partial charge in [-0.05, 0) is 41.0 Å². The van der Waals surface area contributed by atoms with Gasteiger partial charge in [-0.2, -0.15) is 0 Å². The van der Waals surface area contributed by atoms with E-state index in [-0.39, 0.29) is 0 Å². The Hall–Kier alpha value is -0.370. The molecule has 0 fully saturated rings. The Bertz CT molecular complexity index is 135. The molecule has 0 aromatic carbocycles. The summed E-state index contributed by atoms with van der Waals surface area (Å²) in [6, 6.07) is 1.56. The summed E-state index contributed by atoms with van der Waals surface area (Å²) in [6.07, 6.45) is 3.42. The van der Waals surface area contributed by atoms with Crippen molar-refractivity contribution in [3.8, 4) is 0 Å². The van der Waals surface area contributed by atoms with E-state index in [0.717, 1.165) is 6.42 Å². The number of carbonyl (C=O) groups excluding carboxylic acids is 1. The van der Waals surface area contributed by atoms with Gasteiger partial charge in [-0.3, -0.25) is 9.69 Å². The fourth-order valence-corrected chi connectivity index (χ4v) is 2.03. The van der Waals surface area contributed by atoms with E-state index in [9.17, 15) is 4.79 Å². The lowest BCUT2D eigenvalue weighted by Gasteiger charge is -2.36. The predicted molar refractivity (Wildman–Crippen MR) is 56.5 cm³/mol. The first-order valence-electron chi connectivity index (χ1n) is 5.13. The van der Waals surface area contributed by atoms with Gasteiger partial charge in [0.15, 0.2) is 6.29 Å². The fraction of sp³-hybridized carbons (Fsp3) is 0.909. The van der Waals surface area contributed by atoms with Gasteiger partial charge < -0.3 is 0 Å². The molecule has 2 nitrogen and oxygen atoms in total. The molecule has 0 heterocycles. The second kappa shape index (κ2) is 6.14. The second-order valence-corrected chi connectivity index (χ2v) is 4.17. The van der Waals surface area contributed by atoms with E-state index in [1.54, 1.807) is 0 Å². The summed E-state index contributed by atoms with van der Waals surface area (Å²) in [6.45, 7) is 11.0. The number of rotatable bonds is 6. The normalized spacial score (nSPS) is 14.2. The van der Waals surface area contributed by atoms with Crippen LogP contribution in [-0.4, -0.2) is 29.3 Å². The Morgan fingerprint density at radius 2 is 1.54 bits per heavy atom. The summed E-state index contributed by atoms with van der Waals surface area (Å²) in [5, 5.41) is 0. The molecule has 0 bridgehead atoms. The average molecular weight is 184 g/mol. The topological polar surface area (TPSA) is 20.3 Å². The number of hydrogen-bond donors (Lipinski definition) is 0. The Morgan fingerprint density at radius 3 is 1.85 bits per heavy atom. The summed E-state index contributed by atoms with van der Waals surface area (Å²) >= 11 is 0. The minimum Gasteiger partial charge on any atom is -0.296 e. The molecule has 0 spiro atoms. The molecule has 77 valence electrons. The van der Waals surface area contributed by atoms with E-state index in [1.807, 2.05) is 6.29 Å². The molecule has 0 aliphatic rings. The zero-order chi connectivity index (χ0) is 10.4. The van der Waals surface area contributed by atoms with E-state index in [4.69, 9.17) is 0 Å². The Morgan fingerprint density at radius 1 is 1.08 bits per heavy atom. The van der Waals surface area contributed by atoms with E-state index in [2.05, 4.69) is 39.5 Å². The van der Waals surface area contributed by atoms with Crippen LogP contribution in [0.3, 0.4) is 0 Å². The van der Waals surface area contributed by atoms with Crippen molar-refractivity contribution in [2.45, 2.75) is 65.6 Å². The molecule has 0 saturated heterocycles. The smallest absolute Gasteiger partial charge is 0.198 e. The standard InChI is InChI=1S/C11H22NO/c1-9(2)12(10(3)4)11(5)7-6-8-13/h9-11H,6-7H2,1-5H3. The van der Waals surface area contributed by atoms with Crippen LogP contribution in [-0.2, 0) is 4.79 Å². The largest absolute Gasteiger partial charge is 0.296 e. The highest BCUT2D eigenvalue weighted by Gasteiger charge is 2.19. The van der Waals surface area contributed by atoms with Crippen molar-refractivity contribution in [3.05, 3.63) is 0 Å². The maximum absolute atomic E-state index is 10.1. The summed E-state index contributed by atoms with van der Waals surface area (Å²) in [4.78, 5) is 12.6.